The monoisotopic (exact) mass is 245 g/mol. The second-order valence-corrected chi connectivity index (χ2v) is 4.67. The van der Waals surface area contributed by atoms with Gasteiger partial charge in [0.05, 0.1) is 11.7 Å². The average Bonchev–Trinajstić information content (AvgIpc) is 2.90. The summed E-state index contributed by atoms with van der Waals surface area (Å²) < 4.78 is 8.25. The second-order valence-electron chi connectivity index (χ2n) is 4.14. The van der Waals surface area contributed by atoms with Crippen LogP contribution in [0.3, 0.4) is 0 Å². The average molecular weight is 245 g/mol. The van der Waals surface area contributed by atoms with Crippen LogP contribution < -0.4 is 4.90 Å². The number of hydrogen-bond donors (Lipinski definition) is 0. The number of anilines is 2. The van der Waals surface area contributed by atoms with E-state index in [-0.39, 0.29) is 0 Å². The van der Waals surface area contributed by atoms with E-state index in [1.54, 1.807) is 0 Å². The molecule has 0 bridgehead atoms. The van der Waals surface area contributed by atoms with Crippen LogP contribution in [0.25, 0.3) is 0 Å². The van der Waals surface area contributed by atoms with Gasteiger partial charge in [-0.15, -0.1) is 0 Å². The molecule has 0 N–H and O–H groups in total. The summed E-state index contributed by atoms with van der Waals surface area (Å²) in [5.74, 6) is 0.683. The third-order valence-corrected chi connectivity index (χ3v) is 3.58. The van der Waals surface area contributed by atoms with Gasteiger partial charge >= 0.3 is 0 Å². The van der Waals surface area contributed by atoms with Crippen LogP contribution in [0.4, 0.5) is 11.5 Å². The fourth-order valence-corrected chi connectivity index (χ4v) is 2.83. The van der Waals surface area contributed by atoms with Gasteiger partial charge in [0, 0.05) is 11.7 Å². The predicted octanol–water partition coefficient (Wildman–Crippen LogP) is 2.43. The van der Waals surface area contributed by atoms with Gasteiger partial charge in [0.15, 0.2) is 17.8 Å². The number of aromatic nitrogens is 2. The van der Waals surface area contributed by atoms with Gasteiger partial charge in [0.25, 0.3) is 0 Å². The van der Waals surface area contributed by atoms with Crippen LogP contribution in [0.2, 0.25) is 0 Å². The quantitative estimate of drug-likeness (QED) is 0.762. The number of rotatable bonds is 2. The maximum Gasteiger partial charge on any atom is 0.178 e. The number of carbonyl (C=O) groups excluding carboxylic acids is 1. The molecule has 1 unspecified atom stereocenters. The van der Waals surface area contributed by atoms with Crippen LogP contribution in [0.15, 0.2) is 24.3 Å². The van der Waals surface area contributed by atoms with Gasteiger partial charge in [-0.2, -0.15) is 8.75 Å². The number of benzene rings is 1. The molecule has 1 aliphatic rings. The van der Waals surface area contributed by atoms with Crippen molar-refractivity contribution in [2.45, 2.75) is 19.4 Å². The molecule has 0 saturated carbocycles. The van der Waals surface area contributed by atoms with Crippen LogP contribution in [-0.4, -0.2) is 21.1 Å². The van der Waals surface area contributed by atoms with Gasteiger partial charge in [-0.05, 0) is 25.0 Å². The number of aldehydes is 1. The second kappa shape index (κ2) is 3.92. The Hall–Kier alpha value is -1.75. The van der Waals surface area contributed by atoms with Crippen molar-refractivity contribution in [3.8, 4) is 0 Å². The van der Waals surface area contributed by atoms with Crippen molar-refractivity contribution < 1.29 is 4.79 Å². The number of fused-ring (bicyclic) bond motifs is 1. The Kier molecular flexibility index (Phi) is 2.40. The van der Waals surface area contributed by atoms with E-state index in [0.717, 1.165) is 30.1 Å². The summed E-state index contributed by atoms with van der Waals surface area (Å²) in [6, 6.07) is 8.54. The SMILES string of the molecule is CC1Cc2ccccc2N1c1nsnc1C=O. The van der Waals surface area contributed by atoms with E-state index < -0.39 is 0 Å². The van der Waals surface area contributed by atoms with E-state index in [2.05, 4.69) is 32.7 Å². The highest BCUT2D eigenvalue weighted by Gasteiger charge is 2.30. The molecule has 17 heavy (non-hydrogen) atoms. The Morgan fingerprint density at radius 3 is 3.06 bits per heavy atom. The minimum absolute atomic E-state index is 0.315. The molecular formula is C12H11N3OS. The molecule has 0 aliphatic carbocycles. The summed E-state index contributed by atoms with van der Waals surface area (Å²) in [4.78, 5) is 13.0. The highest BCUT2D eigenvalue weighted by Crippen LogP contribution is 2.38. The highest BCUT2D eigenvalue weighted by atomic mass is 32.1. The molecule has 1 aromatic carbocycles. The van der Waals surface area contributed by atoms with Crippen molar-refractivity contribution in [3.05, 3.63) is 35.5 Å². The third kappa shape index (κ3) is 1.54. The van der Waals surface area contributed by atoms with Crippen molar-refractivity contribution in [2.24, 2.45) is 0 Å². The minimum Gasteiger partial charge on any atom is -0.320 e. The molecule has 4 nitrogen and oxygen atoms in total. The summed E-state index contributed by atoms with van der Waals surface area (Å²) >= 11 is 1.08. The maximum atomic E-state index is 10.9. The lowest BCUT2D eigenvalue weighted by atomic mass is 10.1. The molecule has 5 heteroatoms. The van der Waals surface area contributed by atoms with Gasteiger partial charge in [-0.25, -0.2) is 0 Å². The van der Waals surface area contributed by atoms with E-state index in [4.69, 9.17) is 0 Å². The van der Waals surface area contributed by atoms with Crippen molar-refractivity contribution in [3.63, 3.8) is 0 Å². The lowest BCUT2D eigenvalue weighted by molar-refractivity contribution is 0.112. The Balaban J connectivity index is 2.12. The normalized spacial score (nSPS) is 18.2. The lowest BCUT2D eigenvalue weighted by Crippen LogP contribution is -2.25. The Labute approximate surface area is 103 Å². The zero-order chi connectivity index (χ0) is 11.8. The van der Waals surface area contributed by atoms with Gasteiger partial charge in [-0.1, -0.05) is 18.2 Å². The zero-order valence-corrected chi connectivity index (χ0v) is 10.1. The van der Waals surface area contributed by atoms with Crippen LogP contribution >= 0.6 is 11.7 Å². The molecule has 0 amide bonds. The van der Waals surface area contributed by atoms with Crippen molar-refractivity contribution in [1.82, 2.24) is 8.75 Å². The number of para-hydroxylation sites is 1. The first-order valence-corrected chi connectivity index (χ1v) is 6.19. The third-order valence-electron chi connectivity index (χ3n) is 3.04. The lowest BCUT2D eigenvalue weighted by Gasteiger charge is -2.22. The zero-order valence-electron chi connectivity index (χ0n) is 9.33. The number of nitrogens with zero attached hydrogens (tertiary/aromatic N) is 3. The van der Waals surface area contributed by atoms with Gasteiger partial charge in [-0.3, -0.25) is 4.79 Å². The molecule has 0 saturated heterocycles. The molecule has 1 aliphatic heterocycles. The van der Waals surface area contributed by atoms with Crippen LogP contribution in [0, 0.1) is 0 Å². The van der Waals surface area contributed by atoms with E-state index in [0.29, 0.717) is 17.6 Å². The van der Waals surface area contributed by atoms with E-state index in [1.807, 2.05) is 12.1 Å². The predicted molar refractivity (Wildman–Crippen MR) is 67.0 cm³/mol. The first-order valence-electron chi connectivity index (χ1n) is 5.46. The summed E-state index contributed by atoms with van der Waals surface area (Å²) in [7, 11) is 0. The molecule has 0 spiro atoms. The summed E-state index contributed by atoms with van der Waals surface area (Å²) in [6.07, 6.45) is 1.75. The molecular weight excluding hydrogens is 234 g/mol. The molecule has 0 radical (unpaired) electrons. The van der Waals surface area contributed by atoms with Crippen LogP contribution in [-0.2, 0) is 6.42 Å². The largest absolute Gasteiger partial charge is 0.320 e. The summed E-state index contributed by atoms with van der Waals surface area (Å²) in [5, 5.41) is 0. The van der Waals surface area contributed by atoms with E-state index >= 15 is 0 Å². The standard InChI is InChI=1S/C12H11N3OS/c1-8-6-9-4-2-3-5-11(9)15(8)12-10(7-16)13-17-14-12/h2-5,7-8H,6H2,1H3. The van der Waals surface area contributed by atoms with Gasteiger partial charge in [0.2, 0.25) is 0 Å². The fraction of sp³-hybridized carbons (Fsp3) is 0.250. The number of hydrogen-bond acceptors (Lipinski definition) is 5. The minimum atomic E-state index is 0.315. The topological polar surface area (TPSA) is 46.1 Å². The first-order chi connectivity index (χ1) is 8.31. The molecule has 3 rings (SSSR count). The molecule has 1 atom stereocenters. The maximum absolute atomic E-state index is 10.9. The smallest absolute Gasteiger partial charge is 0.178 e. The van der Waals surface area contributed by atoms with Crippen LogP contribution in [0.1, 0.15) is 23.0 Å². The van der Waals surface area contributed by atoms with Crippen molar-refractivity contribution in [1.29, 1.82) is 0 Å². The first kappa shape index (κ1) is 10.4. The Morgan fingerprint density at radius 2 is 2.24 bits per heavy atom. The Bertz CT molecular complexity index is 566. The highest BCUT2D eigenvalue weighted by molar-refractivity contribution is 6.99. The fourth-order valence-electron chi connectivity index (χ4n) is 2.32. The Morgan fingerprint density at radius 1 is 1.41 bits per heavy atom. The molecule has 0 fully saturated rings. The van der Waals surface area contributed by atoms with Crippen molar-refractivity contribution >= 4 is 29.5 Å². The van der Waals surface area contributed by atoms with E-state index in [1.165, 1.54) is 5.56 Å². The number of carbonyl (C=O) groups is 1. The molecule has 1 aromatic heterocycles. The molecule has 2 heterocycles. The molecule has 86 valence electrons. The van der Waals surface area contributed by atoms with E-state index in [9.17, 15) is 4.79 Å². The summed E-state index contributed by atoms with van der Waals surface area (Å²) in [5.41, 5.74) is 2.86. The molecule has 2 aromatic rings. The van der Waals surface area contributed by atoms with Gasteiger partial charge in [0.1, 0.15) is 0 Å². The summed E-state index contributed by atoms with van der Waals surface area (Å²) in [6.45, 7) is 2.13. The van der Waals surface area contributed by atoms with Crippen LogP contribution in [0.5, 0.6) is 0 Å². The van der Waals surface area contributed by atoms with Gasteiger partial charge < -0.3 is 4.90 Å². The van der Waals surface area contributed by atoms with Crippen molar-refractivity contribution in [2.75, 3.05) is 4.90 Å².